The SMILES string of the molecule is CCOC(=O)c1cccc(NC(=O)c2ccccn2)c1. The van der Waals surface area contributed by atoms with Gasteiger partial charge in [-0.2, -0.15) is 0 Å². The summed E-state index contributed by atoms with van der Waals surface area (Å²) in [6.07, 6.45) is 1.55. The van der Waals surface area contributed by atoms with Crippen molar-refractivity contribution in [2.45, 2.75) is 6.92 Å². The Balaban J connectivity index is 2.12. The van der Waals surface area contributed by atoms with E-state index in [9.17, 15) is 9.59 Å². The number of aromatic nitrogens is 1. The molecule has 1 N–H and O–H groups in total. The molecule has 1 aromatic heterocycles. The van der Waals surface area contributed by atoms with Crippen LogP contribution in [0.15, 0.2) is 48.7 Å². The number of ether oxygens (including phenoxy) is 1. The molecule has 0 atom stereocenters. The number of esters is 1. The molecular formula is C15H14N2O3. The fourth-order valence-corrected chi connectivity index (χ4v) is 1.63. The first-order chi connectivity index (χ1) is 9.70. The van der Waals surface area contributed by atoms with Crippen LogP contribution in [0.1, 0.15) is 27.8 Å². The number of carbonyl (C=O) groups excluding carboxylic acids is 2. The first-order valence-electron chi connectivity index (χ1n) is 6.20. The molecule has 1 heterocycles. The van der Waals surface area contributed by atoms with Gasteiger partial charge in [-0.1, -0.05) is 12.1 Å². The van der Waals surface area contributed by atoms with Crippen molar-refractivity contribution >= 4 is 17.6 Å². The maximum atomic E-state index is 11.9. The molecule has 0 saturated carbocycles. The molecule has 5 nitrogen and oxygen atoms in total. The Hall–Kier alpha value is -2.69. The molecule has 0 saturated heterocycles. The molecule has 0 bridgehead atoms. The highest BCUT2D eigenvalue weighted by atomic mass is 16.5. The Morgan fingerprint density at radius 2 is 2.05 bits per heavy atom. The third-order valence-electron chi connectivity index (χ3n) is 2.53. The Bertz CT molecular complexity index is 612. The zero-order chi connectivity index (χ0) is 14.4. The Morgan fingerprint density at radius 1 is 1.20 bits per heavy atom. The van der Waals surface area contributed by atoms with Crippen molar-refractivity contribution in [3.8, 4) is 0 Å². The zero-order valence-corrected chi connectivity index (χ0v) is 11.0. The summed E-state index contributed by atoms with van der Waals surface area (Å²) >= 11 is 0. The van der Waals surface area contributed by atoms with Gasteiger partial charge in [0, 0.05) is 11.9 Å². The van der Waals surface area contributed by atoms with E-state index in [4.69, 9.17) is 4.74 Å². The van der Waals surface area contributed by atoms with Gasteiger partial charge in [0.1, 0.15) is 5.69 Å². The van der Waals surface area contributed by atoms with E-state index in [1.165, 1.54) is 0 Å². The lowest BCUT2D eigenvalue weighted by molar-refractivity contribution is 0.0526. The van der Waals surface area contributed by atoms with Crippen LogP contribution in [0, 0.1) is 0 Å². The van der Waals surface area contributed by atoms with Gasteiger partial charge in [-0.3, -0.25) is 9.78 Å². The van der Waals surface area contributed by atoms with Crippen LogP contribution in [0.5, 0.6) is 0 Å². The minimum Gasteiger partial charge on any atom is -0.462 e. The number of carbonyl (C=O) groups is 2. The quantitative estimate of drug-likeness (QED) is 0.867. The van der Waals surface area contributed by atoms with Crippen LogP contribution in [0.3, 0.4) is 0 Å². The van der Waals surface area contributed by atoms with Crippen molar-refractivity contribution in [1.82, 2.24) is 4.98 Å². The normalized spacial score (nSPS) is 9.85. The van der Waals surface area contributed by atoms with Gasteiger partial charge < -0.3 is 10.1 Å². The molecule has 5 heteroatoms. The van der Waals surface area contributed by atoms with Crippen LogP contribution in [0.2, 0.25) is 0 Å². The lowest BCUT2D eigenvalue weighted by atomic mass is 10.2. The molecule has 0 unspecified atom stereocenters. The molecule has 1 aromatic carbocycles. The average molecular weight is 270 g/mol. The fraction of sp³-hybridized carbons (Fsp3) is 0.133. The number of rotatable bonds is 4. The molecule has 0 aliphatic heterocycles. The number of benzene rings is 1. The van der Waals surface area contributed by atoms with Gasteiger partial charge >= 0.3 is 5.97 Å². The molecule has 0 radical (unpaired) electrons. The summed E-state index contributed by atoms with van der Waals surface area (Å²) in [4.78, 5) is 27.5. The van der Waals surface area contributed by atoms with Crippen molar-refractivity contribution in [2.75, 3.05) is 11.9 Å². The summed E-state index contributed by atoms with van der Waals surface area (Å²) < 4.78 is 4.91. The Morgan fingerprint density at radius 3 is 2.75 bits per heavy atom. The van der Waals surface area contributed by atoms with Gasteiger partial charge in [-0.25, -0.2) is 4.79 Å². The van der Waals surface area contributed by atoms with Crippen LogP contribution in [-0.4, -0.2) is 23.5 Å². The molecular weight excluding hydrogens is 256 g/mol. The number of hydrogen-bond donors (Lipinski definition) is 1. The van der Waals surface area contributed by atoms with Gasteiger partial charge in [0.05, 0.1) is 12.2 Å². The van der Waals surface area contributed by atoms with Gasteiger partial charge in [0.25, 0.3) is 5.91 Å². The van der Waals surface area contributed by atoms with Crippen molar-refractivity contribution in [2.24, 2.45) is 0 Å². The van der Waals surface area contributed by atoms with Crippen LogP contribution in [0.25, 0.3) is 0 Å². The van der Waals surface area contributed by atoms with E-state index in [-0.39, 0.29) is 5.91 Å². The minimum atomic E-state index is -0.415. The van der Waals surface area contributed by atoms with E-state index in [0.29, 0.717) is 23.6 Å². The third kappa shape index (κ3) is 3.41. The molecule has 1 amide bonds. The second kappa shape index (κ2) is 6.47. The van der Waals surface area contributed by atoms with E-state index in [2.05, 4.69) is 10.3 Å². The average Bonchev–Trinajstić information content (AvgIpc) is 2.48. The summed E-state index contributed by atoms with van der Waals surface area (Å²) in [6, 6.07) is 11.7. The standard InChI is InChI=1S/C15H14N2O3/c1-2-20-15(19)11-6-5-7-12(10-11)17-14(18)13-8-3-4-9-16-13/h3-10H,2H2,1H3,(H,17,18). The van der Waals surface area contributed by atoms with Crippen LogP contribution >= 0.6 is 0 Å². The summed E-state index contributed by atoms with van der Waals surface area (Å²) in [5.74, 6) is -0.743. The number of nitrogens with zero attached hydrogens (tertiary/aromatic N) is 1. The maximum absolute atomic E-state index is 11.9. The van der Waals surface area contributed by atoms with Crippen molar-refractivity contribution in [1.29, 1.82) is 0 Å². The van der Waals surface area contributed by atoms with E-state index in [1.807, 2.05) is 0 Å². The number of pyridine rings is 1. The molecule has 0 aliphatic carbocycles. The lowest BCUT2D eigenvalue weighted by Gasteiger charge is -2.06. The molecule has 2 rings (SSSR count). The van der Waals surface area contributed by atoms with Gasteiger partial charge in [0.15, 0.2) is 0 Å². The molecule has 0 fully saturated rings. The Labute approximate surface area is 116 Å². The maximum Gasteiger partial charge on any atom is 0.338 e. The first-order valence-corrected chi connectivity index (χ1v) is 6.20. The Kier molecular flexibility index (Phi) is 4.44. The van der Waals surface area contributed by atoms with Gasteiger partial charge in [-0.05, 0) is 37.3 Å². The molecule has 20 heavy (non-hydrogen) atoms. The van der Waals surface area contributed by atoms with Gasteiger partial charge in [0.2, 0.25) is 0 Å². The molecule has 0 spiro atoms. The second-order valence-corrected chi connectivity index (χ2v) is 3.97. The van der Waals surface area contributed by atoms with E-state index in [1.54, 1.807) is 55.6 Å². The number of hydrogen-bond acceptors (Lipinski definition) is 4. The van der Waals surface area contributed by atoms with E-state index >= 15 is 0 Å². The highest BCUT2D eigenvalue weighted by Gasteiger charge is 2.10. The summed E-state index contributed by atoms with van der Waals surface area (Å²) in [5.41, 5.74) is 1.23. The monoisotopic (exact) mass is 270 g/mol. The predicted octanol–water partition coefficient (Wildman–Crippen LogP) is 2.51. The van der Waals surface area contributed by atoms with Crippen molar-refractivity contribution in [3.63, 3.8) is 0 Å². The highest BCUT2D eigenvalue weighted by Crippen LogP contribution is 2.12. The number of amides is 1. The van der Waals surface area contributed by atoms with E-state index < -0.39 is 5.97 Å². The highest BCUT2D eigenvalue weighted by molar-refractivity contribution is 6.03. The molecule has 2 aromatic rings. The minimum absolute atomic E-state index is 0.309. The second-order valence-electron chi connectivity index (χ2n) is 3.97. The zero-order valence-electron chi connectivity index (χ0n) is 11.0. The van der Waals surface area contributed by atoms with Crippen LogP contribution < -0.4 is 5.32 Å². The topological polar surface area (TPSA) is 68.3 Å². The van der Waals surface area contributed by atoms with Crippen molar-refractivity contribution in [3.05, 3.63) is 59.9 Å². The predicted molar refractivity (Wildman–Crippen MR) is 74.6 cm³/mol. The first kappa shape index (κ1) is 13.7. The van der Waals surface area contributed by atoms with Crippen LogP contribution in [-0.2, 0) is 4.74 Å². The summed E-state index contributed by atoms with van der Waals surface area (Å²) in [5, 5.41) is 2.69. The smallest absolute Gasteiger partial charge is 0.338 e. The largest absolute Gasteiger partial charge is 0.462 e. The lowest BCUT2D eigenvalue weighted by Crippen LogP contribution is -2.14. The van der Waals surface area contributed by atoms with Crippen LogP contribution in [0.4, 0.5) is 5.69 Å². The number of anilines is 1. The van der Waals surface area contributed by atoms with Crippen molar-refractivity contribution < 1.29 is 14.3 Å². The third-order valence-corrected chi connectivity index (χ3v) is 2.53. The fourth-order valence-electron chi connectivity index (χ4n) is 1.63. The summed E-state index contributed by atoms with van der Waals surface area (Å²) in [7, 11) is 0. The molecule has 0 aliphatic rings. The summed E-state index contributed by atoms with van der Waals surface area (Å²) in [6.45, 7) is 2.05. The van der Waals surface area contributed by atoms with E-state index in [0.717, 1.165) is 0 Å². The van der Waals surface area contributed by atoms with Gasteiger partial charge in [-0.15, -0.1) is 0 Å². The molecule has 102 valence electrons. The number of nitrogens with one attached hydrogen (secondary N) is 1.